The van der Waals surface area contributed by atoms with Crippen LogP contribution in [0.2, 0.25) is 0 Å². The van der Waals surface area contributed by atoms with E-state index in [2.05, 4.69) is 22.4 Å². The lowest BCUT2D eigenvalue weighted by molar-refractivity contribution is -0.136. The smallest absolute Gasteiger partial charge is 0.329 e. The standard InChI is InChI=1S/C23H24N4O5/c1-2-6-16-7-5-8-17(20(16)28)15-24-26-22(30)21(29)25-19-10-4-3-9-18(19)23(31)27-11-13-32-14-12-27/h2-5,7-10,15,28H,1,6,11-14H2,(H,25,29)(H,26,30)/b24-15+. The fraction of sp³-hybridized carbons (Fsp3) is 0.217. The van der Waals surface area contributed by atoms with Crippen LogP contribution in [-0.2, 0) is 20.7 Å². The molecule has 3 N–H and O–H groups in total. The van der Waals surface area contributed by atoms with Gasteiger partial charge in [0, 0.05) is 18.7 Å². The van der Waals surface area contributed by atoms with Crippen molar-refractivity contribution in [2.75, 3.05) is 31.6 Å². The molecule has 0 bridgehead atoms. The largest absolute Gasteiger partial charge is 0.507 e. The van der Waals surface area contributed by atoms with Crippen molar-refractivity contribution in [3.8, 4) is 5.75 Å². The number of aromatic hydroxyl groups is 1. The molecule has 0 atom stereocenters. The number of hydrogen-bond acceptors (Lipinski definition) is 6. The lowest BCUT2D eigenvalue weighted by Gasteiger charge is -2.27. The molecule has 0 saturated carbocycles. The third-order valence-corrected chi connectivity index (χ3v) is 4.79. The SMILES string of the molecule is C=CCc1cccc(/C=N/NC(=O)C(=O)Nc2ccccc2C(=O)N2CCOCC2)c1O. The summed E-state index contributed by atoms with van der Waals surface area (Å²) in [6.07, 6.45) is 3.37. The van der Waals surface area contributed by atoms with Gasteiger partial charge in [-0.15, -0.1) is 6.58 Å². The highest BCUT2D eigenvalue weighted by molar-refractivity contribution is 6.40. The molecule has 166 valence electrons. The van der Waals surface area contributed by atoms with Gasteiger partial charge in [-0.3, -0.25) is 14.4 Å². The summed E-state index contributed by atoms with van der Waals surface area (Å²) in [6.45, 7) is 5.45. The first-order valence-corrected chi connectivity index (χ1v) is 10.0. The molecule has 2 aromatic carbocycles. The second-order valence-corrected chi connectivity index (χ2v) is 6.95. The molecule has 1 aliphatic heterocycles. The summed E-state index contributed by atoms with van der Waals surface area (Å²) in [7, 11) is 0. The van der Waals surface area contributed by atoms with Crippen LogP contribution in [0.5, 0.6) is 5.75 Å². The summed E-state index contributed by atoms with van der Waals surface area (Å²) in [5.41, 5.74) is 3.67. The van der Waals surface area contributed by atoms with Gasteiger partial charge < -0.3 is 20.1 Å². The number of benzene rings is 2. The van der Waals surface area contributed by atoms with E-state index in [0.29, 0.717) is 43.9 Å². The fourth-order valence-corrected chi connectivity index (χ4v) is 3.14. The second-order valence-electron chi connectivity index (χ2n) is 6.95. The average molecular weight is 436 g/mol. The van der Waals surface area contributed by atoms with Crippen LogP contribution in [0.25, 0.3) is 0 Å². The molecule has 0 aliphatic carbocycles. The van der Waals surface area contributed by atoms with Gasteiger partial charge in [-0.1, -0.05) is 30.3 Å². The molecule has 0 radical (unpaired) electrons. The third-order valence-electron chi connectivity index (χ3n) is 4.79. The van der Waals surface area contributed by atoms with E-state index in [0.717, 1.165) is 0 Å². The zero-order chi connectivity index (χ0) is 22.9. The van der Waals surface area contributed by atoms with Crippen LogP contribution < -0.4 is 10.7 Å². The van der Waals surface area contributed by atoms with Crippen molar-refractivity contribution < 1.29 is 24.2 Å². The number of phenols is 1. The normalized spacial score (nSPS) is 13.6. The van der Waals surface area contributed by atoms with Gasteiger partial charge in [-0.2, -0.15) is 5.10 Å². The number of nitrogens with one attached hydrogen (secondary N) is 2. The Morgan fingerprint density at radius 1 is 1.09 bits per heavy atom. The van der Waals surface area contributed by atoms with Gasteiger partial charge in [0.05, 0.1) is 30.7 Å². The monoisotopic (exact) mass is 436 g/mol. The molecule has 3 rings (SSSR count). The van der Waals surface area contributed by atoms with Crippen molar-refractivity contribution >= 4 is 29.6 Å². The van der Waals surface area contributed by atoms with Crippen molar-refractivity contribution in [3.63, 3.8) is 0 Å². The minimum absolute atomic E-state index is 0.0189. The predicted octanol–water partition coefficient (Wildman–Crippen LogP) is 1.68. The molecule has 0 unspecified atom stereocenters. The summed E-state index contributed by atoms with van der Waals surface area (Å²) < 4.78 is 5.26. The molecule has 1 saturated heterocycles. The molecule has 0 spiro atoms. The predicted molar refractivity (Wildman–Crippen MR) is 120 cm³/mol. The number of carbonyl (C=O) groups excluding carboxylic acids is 3. The lowest BCUT2D eigenvalue weighted by atomic mass is 10.1. The Hall–Kier alpha value is -3.98. The number of para-hydroxylation sites is 2. The van der Waals surface area contributed by atoms with E-state index in [1.54, 1.807) is 53.4 Å². The van der Waals surface area contributed by atoms with Crippen LogP contribution in [0.3, 0.4) is 0 Å². The number of anilines is 1. The van der Waals surface area contributed by atoms with Crippen molar-refractivity contribution in [2.45, 2.75) is 6.42 Å². The minimum Gasteiger partial charge on any atom is -0.507 e. The maximum Gasteiger partial charge on any atom is 0.329 e. The number of ether oxygens (including phenoxy) is 1. The zero-order valence-electron chi connectivity index (χ0n) is 17.4. The molecule has 2 aromatic rings. The first kappa shape index (κ1) is 22.7. The lowest BCUT2D eigenvalue weighted by Crippen LogP contribution is -2.41. The molecule has 1 heterocycles. The van der Waals surface area contributed by atoms with Gasteiger partial charge in [0.25, 0.3) is 5.91 Å². The number of nitrogens with zero attached hydrogens (tertiary/aromatic N) is 2. The van der Waals surface area contributed by atoms with Gasteiger partial charge in [-0.25, -0.2) is 5.43 Å². The zero-order valence-corrected chi connectivity index (χ0v) is 17.4. The fourth-order valence-electron chi connectivity index (χ4n) is 3.14. The Labute approximate surface area is 185 Å². The number of hydrogen-bond donors (Lipinski definition) is 3. The first-order valence-electron chi connectivity index (χ1n) is 10.0. The summed E-state index contributed by atoms with van der Waals surface area (Å²) in [4.78, 5) is 38.9. The Kier molecular flexibility index (Phi) is 7.71. The van der Waals surface area contributed by atoms with E-state index in [1.165, 1.54) is 6.21 Å². The Morgan fingerprint density at radius 2 is 1.84 bits per heavy atom. The van der Waals surface area contributed by atoms with E-state index in [9.17, 15) is 19.5 Å². The van der Waals surface area contributed by atoms with Crippen molar-refractivity contribution in [1.82, 2.24) is 10.3 Å². The maximum atomic E-state index is 12.8. The van der Waals surface area contributed by atoms with Crippen LogP contribution in [0.15, 0.2) is 60.2 Å². The highest BCUT2D eigenvalue weighted by Gasteiger charge is 2.22. The van der Waals surface area contributed by atoms with E-state index in [4.69, 9.17) is 4.74 Å². The molecule has 1 aliphatic rings. The van der Waals surface area contributed by atoms with Crippen LogP contribution in [0.4, 0.5) is 5.69 Å². The minimum atomic E-state index is -1.02. The van der Waals surface area contributed by atoms with Crippen LogP contribution in [-0.4, -0.2) is 60.2 Å². The molecule has 32 heavy (non-hydrogen) atoms. The molecule has 9 nitrogen and oxygen atoms in total. The molecular formula is C23H24N4O5. The van der Waals surface area contributed by atoms with Crippen molar-refractivity contribution in [3.05, 3.63) is 71.8 Å². The number of amides is 3. The number of rotatable bonds is 6. The Balaban J connectivity index is 1.64. The summed E-state index contributed by atoms with van der Waals surface area (Å²) in [6, 6.07) is 11.6. The topological polar surface area (TPSA) is 120 Å². The average Bonchev–Trinajstić information content (AvgIpc) is 2.82. The number of allylic oxidation sites excluding steroid dienone is 1. The van der Waals surface area contributed by atoms with Gasteiger partial charge in [0.15, 0.2) is 0 Å². The Morgan fingerprint density at radius 3 is 2.59 bits per heavy atom. The van der Waals surface area contributed by atoms with Crippen LogP contribution in [0, 0.1) is 0 Å². The van der Waals surface area contributed by atoms with Crippen LogP contribution in [0.1, 0.15) is 21.5 Å². The highest BCUT2D eigenvalue weighted by atomic mass is 16.5. The van der Waals surface area contributed by atoms with Crippen LogP contribution >= 0.6 is 0 Å². The number of carbonyl (C=O) groups is 3. The van der Waals surface area contributed by atoms with Gasteiger partial charge in [0.1, 0.15) is 5.75 Å². The third kappa shape index (κ3) is 5.58. The summed E-state index contributed by atoms with van der Waals surface area (Å²) >= 11 is 0. The highest BCUT2D eigenvalue weighted by Crippen LogP contribution is 2.21. The van der Waals surface area contributed by atoms with Gasteiger partial charge >= 0.3 is 11.8 Å². The second kappa shape index (κ2) is 10.9. The van der Waals surface area contributed by atoms with E-state index < -0.39 is 11.8 Å². The first-order chi connectivity index (χ1) is 15.5. The van der Waals surface area contributed by atoms with Crippen molar-refractivity contribution in [1.29, 1.82) is 0 Å². The summed E-state index contributed by atoms with van der Waals surface area (Å²) in [5, 5.41) is 16.4. The molecule has 3 amide bonds. The van der Waals surface area contributed by atoms with E-state index in [-0.39, 0.29) is 22.9 Å². The van der Waals surface area contributed by atoms with E-state index >= 15 is 0 Å². The van der Waals surface area contributed by atoms with Gasteiger partial charge in [-0.05, 0) is 30.2 Å². The summed E-state index contributed by atoms with van der Waals surface area (Å²) in [5.74, 6) is -2.23. The molecular weight excluding hydrogens is 412 g/mol. The number of hydrazone groups is 1. The molecule has 9 heteroatoms. The molecule has 1 fully saturated rings. The quantitative estimate of drug-likeness (QED) is 0.275. The number of morpholine rings is 1. The maximum absolute atomic E-state index is 12.8. The number of phenolic OH excluding ortho intramolecular Hbond substituents is 1. The van der Waals surface area contributed by atoms with E-state index in [1.807, 2.05) is 0 Å². The Bertz CT molecular complexity index is 1040. The molecule has 0 aromatic heterocycles. The van der Waals surface area contributed by atoms with Gasteiger partial charge in [0.2, 0.25) is 0 Å². The van der Waals surface area contributed by atoms with Crippen molar-refractivity contribution in [2.24, 2.45) is 5.10 Å².